The summed E-state index contributed by atoms with van der Waals surface area (Å²) in [5.41, 5.74) is 6.48. The molecule has 100 valence electrons. The predicted octanol–water partition coefficient (Wildman–Crippen LogP) is 2.27. The molecule has 0 saturated heterocycles. The summed E-state index contributed by atoms with van der Waals surface area (Å²) < 4.78 is 11.1. The number of nitrogens with two attached hydrogens (primary N) is 1. The summed E-state index contributed by atoms with van der Waals surface area (Å²) in [6.07, 6.45) is 3.57. The summed E-state index contributed by atoms with van der Waals surface area (Å²) in [5, 5.41) is 9.59. The fourth-order valence-corrected chi connectivity index (χ4v) is 2.15. The minimum atomic E-state index is -0.507. The molecule has 1 aromatic carbocycles. The molecule has 0 spiro atoms. The van der Waals surface area contributed by atoms with Crippen molar-refractivity contribution in [2.24, 2.45) is 5.73 Å². The third kappa shape index (κ3) is 2.71. The van der Waals surface area contributed by atoms with E-state index in [0.29, 0.717) is 22.1 Å². The normalized spacial score (nSPS) is 17.1. The smallest absolute Gasteiger partial charge is 0.162 e. The number of methoxy groups -OCH3 is 1. The second-order valence-corrected chi connectivity index (χ2v) is 4.89. The zero-order chi connectivity index (χ0) is 13.1. The number of hydrogen-bond donors (Lipinski definition) is 2. The van der Waals surface area contributed by atoms with Crippen LogP contribution in [-0.2, 0) is 0 Å². The van der Waals surface area contributed by atoms with Crippen molar-refractivity contribution in [3.63, 3.8) is 0 Å². The molecule has 2 rings (SSSR count). The maximum Gasteiger partial charge on any atom is 0.162 e. The van der Waals surface area contributed by atoms with Crippen LogP contribution in [0.25, 0.3) is 0 Å². The summed E-state index contributed by atoms with van der Waals surface area (Å²) in [6.45, 7) is -0.158. The summed E-state index contributed by atoms with van der Waals surface area (Å²) in [5.74, 6) is 1.24. The van der Waals surface area contributed by atoms with Gasteiger partial charge in [-0.15, -0.1) is 0 Å². The number of ether oxygens (including phenoxy) is 2. The first-order valence-corrected chi connectivity index (χ1v) is 6.44. The highest BCUT2D eigenvalue weighted by molar-refractivity contribution is 6.31. The average Bonchev–Trinajstić information content (AvgIpc) is 2.33. The van der Waals surface area contributed by atoms with Crippen LogP contribution < -0.4 is 15.2 Å². The largest absolute Gasteiger partial charge is 0.493 e. The zero-order valence-electron chi connectivity index (χ0n) is 10.4. The summed E-state index contributed by atoms with van der Waals surface area (Å²) >= 11 is 6.11. The van der Waals surface area contributed by atoms with E-state index in [1.54, 1.807) is 19.2 Å². The Morgan fingerprint density at radius 1 is 1.44 bits per heavy atom. The molecule has 18 heavy (non-hydrogen) atoms. The molecule has 1 fully saturated rings. The van der Waals surface area contributed by atoms with Crippen LogP contribution in [0.2, 0.25) is 5.02 Å². The minimum Gasteiger partial charge on any atom is -0.493 e. The van der Waals surface area contributed by atoms with Gasteiger partial charge in [-0.3, -0.25) is 0 Å². The lowest BCUT2D eigenvalue weighted by Crippen LogP contribution is -2.25. The number of hydrogen-bond acceptors (Lipinski definition) is 4. The van der Waals surface area contributed by atoms with Gasteiger partial charge in [0.1, 0.15) is 0 Å². The van der Waals surface area contributed by atoms with Gasteiger partial charge in [-0.25, -0.2) is 0 Å². The Labute approximate surface area is 112 Å². The maximum atomic E-state index is 9.11. The molecule has 1 aliphatic carbocycles. The molecule has 0 heterocycles. The highest BCUT2D eigenvalue weighted by Crippen LogP contribution is 2.37. The first-order valence-electron chi connectivity index (χ1n) is 6.06. The lowest BCUT2D eigenvalue weighted by atomic mass is 9.96. The van der Waals surface area contributed by atoms with Gasteiger partial charge < -0.3 is 20.3 Å². The average molecular weight is 272 g/mol. The molecule has 0 bridgehead atoms. The van der Waals surface area contributed by atoms with E-state index in [4.69, 9.17) is 31.9 Å². The van der Waals surface area contributed by atoms with Crippen LogP contribution in [0.4, 0.5) is 0 Å². The second-order valence-electron chi connectivity index (χ2n) is 4.48. The fraction of sp³-hybridized carbons (Fsp3) is 0.538. The monoisotopic (exact) mass is 271 g/mol. The van der Waals surface area contributed by atoms with E-state index >= 15 is 0 Å². The van der Waals surface area contributed by atoms with E-state index in [-0.39, 0.29) is 12.7 Å². The number of aliphatic hydroxyl groups excluding tert-OH is 1. The summed E-state index contributed by atoms with van der Waals surface area (Å²) in [6, 6.07) is 2.94. The van der Waals surface area contributed by atoms with Gasteiger partial charge in [-0.2, -0.15) is 0 Å². The lowest BCUT2D eigenvalue weighted by Gasteiger charge is -2.27. The molecule has 1 unspecified atom stereocenters. The van der Waals surface area contributed by atoms with Gasteiger partial charge in [0.15, 0.2) is 11.5 Å². The standard InChI is InChI=1S/C13H18ClNO3/c1-17-12-6-10(14)9(11(15)7-16)5-13(12)18-8-3-2-4-8/h5-6,8,11,16H,2-4,7,15H2,1H3. The van der Waals surface area contributed by atoms with Crippen LogP contribution >= 0.6 is 11.6 Å². The number of benzene rings is 1. The number of rotatable bonds is 5. The molecular formula is C13H18ClNO3. The molecule has 0 aliphatic heterocycles. The van der Waals surface area contributed by atoms with E-state index in [1.165, 1.54) is 6.42 Å². The Morgan fingerprint density at radius 2 is 2.17 bits per heavy atom. The molecule has 3 N–H and O–H groups in total. The molecule has 1 saturated carbocycles. The molecule has 0 radical (unpaired) electrons. The molecule has 1 aliphatic rings. The van der Waals surface area contributed by atoms with Crippen LogP contribution in [0.15, 0.2) is 12.1 Å². The van der Waals surface area contributed by atoms with Crippen molar-refractivity contribution in [1.82, 2.24) is 0 Å². The van der Waals surface area contributed by atoms with Crippen LogP contribution in [0, 0.1) is 0 Å². The highest BCUT2D eigenvalue weighted by atomic mass is 35.5. The van der Waals surface area contributed by atoms with Gasteiger partial charge in [-0.1, -0.05) is 11.6 Å². The van der Waals surface area contributed by atoms with E-state index in [2.05, 4.69) is 0 Å². The van der Waals surface area contributed by atoms with Crippen LogP contribution in [0.3, 0.4) is 0 Å². The van der Waals surface area contributed by atoms with Crippen molar-refractivity contribution in [2.75, 3.05) is 13.7 Å². The van der Waals surface area contributed by atoms with Crippen molar-refractivity contribution in [2.45, 2.75) is 31.4 Å². The van der Waals surface area contributed by atoms with Crippen molar-refractivity contribution in [3.8, 4) is 11.5 Å². The van der Waals surface area contributed by atoms with Gasteiger partial charge in [0.25, 0.3) is 0 Å². The third-order valence-electron chi connectivity index (χ3n) is 3.22. The Hall–Kier alpha value is -0.970. The lowest BCUT2D eigenvalue weighted by molar-refractivity contribution is 0.116. The molecule has 4 nitrogen and oxygen atoms in total. The topological polar surface area (TPSA) is 64.7 Å². The number of aliphatic hydroxyl groups is 1. The highest BCUT2D eigenvalue weighted by Gasteiger charge is 2.22. The van der Waals surface area contributed by atoms with Crippen LogP contribution in [0.5, 0.6) is 11.5 Å². The SMILES string of the molecule is COc1cc(Cl)c(C(N)CO)cc1OC1CCC1. The first kappa shape index (κ1) is 13.5. The fourth-order valence-electron chi connectivity index (χ4n) is 1.85. The quantitative estimate of drug-likeness (QED) is 0.862. The zero-order valence-corrected chi connectivity index (χ0v) is 11.1. The third-order valence-corrected chi connectivity index (χ3v) is 3.55. The Balaban J connectivity index is 2.29. The molecule has 5 heteroatoms. The van der Waals surface area contributed by atoms with Crippen molar-refractivity contribution >= 4 is 11.6 Å². The predicted molar refractivity (Wildman–Crippen MR) is 70.3 cm³/mol. The minimum absolute atomic E-state index is 0.158. The van der Waals surface area contributed by atoms with Crippen LogP contribution in [-0.4, -0.2) is 24.9 Å². The Morgan fingerprint density at radius 3 is 2.67 bits per heavy atom. The number of halogens is 1. The van der Waals surface area contributed by atoms with Gasteiger partial charge in [-0.05, 0) is 30.9 Å². The van der Waals surface area contributed by atoms with Crippen LogP contribution in [0.1, 0.15) is 30.9 Å². The Bertz CT molecular complexity index is 421. The van der Waals surface area contributed by atoms with E-state index in [0.717, 1.165) is 12.8 Å². The molecule has 0 aromatic heterocycles. The molecule has 1 atom stereocenters. The van der Waals surface area contributed by atoms with Gasteiger partial charge >= 0.3 is 0 Å². The van der Waals surface area contributed by atoms with Gasteiger partial charge in [0, 0.05) is 11.1 Å². The Kier molecular flexibility index (Phi) is 4.32. The van der Waals surface area contributed by atoms with Crippen molar-refractivity contribution in [1.29, 1.82) is 0 Å². The summed E-state index contributed by atoms with van der Waals surface area (Å²) in [4.78, 5) is 0. The maximum absolute atomic E-state index is 9.11. The van der Waals surface area contributed by atoms with Crippen molar-refractivity contribution in [3.05, 3.63) is 22.7 Å². The van der Waals surface area contributed by atoms with Gasteiger partial charge in [0.05, 0.1) is 25.9 Å². The first-order chi connectivity index (χ1) is 8.65. The van der Waals surface area contributed by atoms with E-state index in [1.807, 2.05) is 0 Å². The second kappa shape index (κ2) is 5.78. The van der Waals surface area contributed by atoms with Crippen molar-refractivity contribution < 1.29 is 14.6 Å². The molecule has 0 amide bonds. The molecular weight excluding hydrogens is 254 g/mol. The van der Waals surface area contributed by atoms with E-state index < -0.39 is 6.04 Å². The summed E-state index contributed by atoms with van der Waals surface area (Å²) in [7, 11) is 1.57. The van der Waals surface area contributed by atoms with E-state index in [9.17, 15) is 0 Å². The van der Waals surface area contributed by atoms with Gasteiger partial charge in [0.2, 0.25) is 0 Å². The molecule has 1 aromatic rings.